The number of carbonyl (C=O) groups excluding carboxylic acids is 1. The van der Waals surface area contributed by atoms with Crippen LogP contribution in [0.3, 0.4) is 0 Å². The Balaban J connectivity index is 1.84. The van der Waals surface area contributed by atoms with Crippen molar-refractivity contribution in [1.82, 2.24) is 4.90 Å². The lowest BCUT2D eigenvalue weighted by atomic mass is 10.1. The molecule has 1 amide bonds. The molecule has 1 aliphatic rings. The van der Waals surface area contributed by atoms with Gasteiger partial charge in [0.2, 0.25) is 0 Å². The number of benzene rings is 1. The van der Waals surface area contributed by atoms with Crippen molar-refractivity contribution < 1.29 is 19.2 Å². The molecule has 0 aliphatic carbocycles. The van der Waals surface area contributed by atoms with Crippen LogP contribution in [-0.2, 0) is 4.74 Å². The maximum Gasteiger partial charge on any atom is 0.409 e. The summed E-state index contributed by atoms with van der Waals surface area (Å²) in [5.41, 5.74) is 0.00469. The molecule has 1 aromatic carbocycles. The molecule has 0 radical (unpaired) electrons. The molecule has 132 valence electrons. The molecule has 0 N–H and O–H groups in total. The van der Waals surface area contributed by atoms with Gasteiger partial charge in [0.25, 0.3) is 5.69 Å². The second-order valence-electron chi connectivity index (χ2n) is 6.15. The molecule has 7 nitrogen and oxygen atoms in total. The number of nitrogens with zero attached hydrogens (tertiary/aromatic N) is 2. The first-order chi connectivity index (χ1) is 11.4. The summed E-state index contributed by atoms with van der Waals surface area (Å²) < 4.78 is 11.5. The molecular weight excluding hydrogens is 380 g/mol. The number of rotatable bonds is 5. The quantitative estimate of drug-likeness (QED) is 0.550. The average molecular weight is 401 g/mol. The third kappa shape index (κ3) is 5.09. The molecule has 0 aromatic heterocycles. The molecule has 1 aromatic rings. The highest BCUT2D eigenvalue weighted by molar-refractivity contribution is 9.10. The molecule has 1 aliphatic heterocycles. The van der Waals surface area contributed by atoms with Crippen molar-refractivity contribution in [2.75, 3.05) is 19.7 Å². The number of hydrogen-bond donors (Lipinski definition) is 0. The van der Waals surface area contributed by atoms with Crippen LogP contribution in [0.2, 0.25) is 0 Å². The summed E-state index contributed by atoms with van der Waals surface area (Å²) in [4.78, 5) is 23.9. The Bertz CT molecular complexity index is 600. The van der Waals surface area contributed by atoms with Crippen molar-refractivity contribution in [3.05, 3.63) is 32.8 Å². The number of halogens is 1. The van der Waals surface area contributed by atoms with Crippen LogP contribution in [0.5, 0.6) is 5.75 Å². The van der Waals surface area contributed by atoms with E-state index in [0.717, 1.165) is 0 Å². The van der Waals surface area contributed by atoms with Crippen LogP contribution in [0.1, 0.15) is 26.7 Å². The first-order valence-corrected chi connectivity index (χ1v) is 8.68. The Hall–Kier alpha value is -1.83. The first kappa shape index (κ1) is 18.5. The van der Waals surface area contributed by atoms with Crippen LogP contribution < -0.4 is 4.74 Å². The van der Waals surface area contributed by atoms with E-state index >= 15 is 0 Å². The number of hydrogen-bond acceptors (Lipinski definition) is 5. The van der Waals surface area contributed by atoms with Gasteiger partial charge in [-0.2, -0.15) is 0 Å². The number of piperidine rings is 1. The van der Waals surface area contributed by atoms with Crippen LogP contribution in [0, 0.1) is 16.0 Å². The summed E-state index contributed by atoms with van der Waals surface area (Å²) in [6.45, 7) is 5.57. The third-order valence-electron chi connectivity index (χ3n) is 3.66. The molecule has 1 fully saturated rings. The van der Waals surface area contributed by atoms with Crippen LogP contribution in [0.4, 0.5) is 10.5 Å². The highest BCUT2D eigenvalue weighted by atomic mass is 79.9. The number of carbonyl (C=O) groups is 1. The monoisotopic (exact) mass is 400 g/mol. The van der Waals surface area contributed by atoms with E-state index in [0.29, 0.717) is 48.7 Å². The summed E-state index contributed by atoms with van der Waals surface area (Å²) in [6.07, 6.45) is 1.10. The third-order valence-corrected chi connectivity index (χ3v) is 4.29. The Kier molecular flexibility index (Phi) is 6.42. The van der Waals surface area contributed by atoms with Gasteiger partial charge in [0.05, 0.1) is 16.0 Å². The number of ether oxygens (including phenoxy) is 2. The van der Waals surface area contributed by atoms with Gasteiger partial charge < -0.3 is 14.4 Å². The zero-order valence-electron chi connectivity index (χ0n) is 13.7. The van der Waals surface area contributed by atoms with Gasteiger partial charge in [-0.05, 0) is 27.9 Å². The minimum Gasteiger partial charge on any atom is -0.490 e. The second kappa shape index (κ2) is 8.32. The van der Waals surface area contributed by atoms with Gasteiger partial charge in [-0.3, -0.25) is 10.1 Å². The van der Waals surface area contributed by atoms with Gasteiger partial charge in [0.1, 0.15) is 11.9 Å². The van der Waals surface area contributed by atoms with E-state index in [4.69, 9.17) is 9.47 Å². The Morgan fingerprint density at radius 3 is 2.62 bits per heavy atom. The predicted molar refractivity (Wildman–Crippen MR) is 92.2 cm³/mol. The highest BCUT2D eigenvalue weighted by Gasteiger charge is 2.25. The fourth-order valence-electron chi connectivity index (χ4n) is 2.39. The molecule has 2 rings (SSSR count). The van der Waals surface area contributed by atoms with Crippen molar-refractivity contribution in [2.24, 2.45) is 5.92 Å². The molecular formula is C16H21BrN2O5. The lowest BCUT2D eigenvalue weighted by Gasteiger charge is -2.31. The fourth-order valence-corrected chi connectivity index (χ4v) is 2.89. The van der Waals surface area contributed by atoms with Gasteiger partial charge in [-0.25, -0.2) is 4.79 Å². The normalized spacial score (nSPS) is 15.4. The zero-order valence-corrected chi connectivity index (χ0v) is 15.3. The molecule has 24 heavy (non-hydrogen) atoms. The molecule has 8 heteroatoms. The molecule has 0 saturated carbocycles. The Labute approximate surface area is 149 Å². The largest absolute Gasteiger partial charge is 0.490 e. The van der Waals surface area contributed by atoms with Crippen LogP contribution in [0.15, 0.2) is 22.7 Å². The van der Waals surface area contributed by atoms with E-state index in [-0.39, 0.29) is 17.9 Å². The maximum absolute atomic E-state index is 11.9. The molecule has 1 saturated heterocycles. The van der Waals surface area contributed by atoms with Gasteiger partial charge in [-0.15, -0.1) is 0 Å². The molecule has 0 spiro atoms. The Morgan fingerprint density at radius 1 is 1.42 bits per heavy atom. The zero-order chi connectivity index (χ0) is 17.7. The van der Waals surface area contributed by atoms with E-state index in [1.54, 1.807) is 17.0 Å². The summed E-state index contributed by atoms with van der Waals surface area (Å²) in [6, 6.07) is 4.60. The first-order valence-electron chi connectivity index (χ1n) is 7.89. The second-order valence-corrected chi connectivity index (χ2v) is 7.00. The molecule has 0 bridgehead atoms. The SMILES string of the molecule is CC(C)COC(=O)N1CCC(Oc2ccc([N+](=O)[O-])c(Br)c2)CC1. The summed E-state index contributed by atoms with van der Waals surface area (Å²) in [7, 11) is 0. The topological polar surface area (TPSA) is 81.9 Å². The molecule has 0 atom stereocenters. The molecule has 1 heterocycles. The number of nitro benzene ring substituents is 1. The van der Waals surface area contributed by atoms with Crippen LogP contribution >= 0.6 is 15.9 Å². The lowest BCUT2D eigenvalue weighted by Crippen LogP contribution is -2.42. The van der Waals surface area contributed by atoms with Gasteiger partial charge >= 0.3 is 6.09 Å². The van der Waals surface area contributed by atoms with Crippen LogP contribution in [0.25, 0.3) is 0 Å². The highest BCUT2D eigenvalue weighted by Crippen LogP contribution is 2.30. The van der Waals surface area contributed by atoms with Gasteiger partial charge in [0, 0.05) is 38.1 Å². The number of amides is 1. The van der Waals surface area contributed by atoms with E-state index in [1.165, 1.54) is 6.07 Å². The average Bonchev–Trinajstić information content (AvgIpc) is 2.53. The number of likely N-dealkylation sites (tertiary alicyclic amines) is 1. The van der Waals surface area contributed by atoms with Crippen molar-refractivity contribution in [3.63, 3.8) is 0 Å². The standard InChI is InChI=1S/C16H21BrN2O5/c1-11(2)10-23-16(20)18-7-5-12(6-8-18)24-13-3-4-15(19(21)22)14(17)9-13/h3-4,9,11-12H,5-8,10H2,1-2H3. The van der Waals surface area contributed by atoms with Crippen molar-refractivity contribution in [2.45, 2.75) is 32.8 Å². The van der Waals surface area contributed by atoms with Gasteiger partial charge in [0.15, 0.2) is 0 Å². The smallest absolute Gasteiger partial charge is 0.409 e. The minimum atomic E-state index is -0.449. The van der Waals surface area contributed by atoms with Crippen LogP contribution in [-0.4, -0.2) is 41.7 Å². The van der Waals surface area contributed by atoms with Gasteiger partial charge in [-0.1, -0.05) is 13.8 Å². The minimum absolute atomic E-state index is 0.00469. The Morgan fingerprint density at radius 2 is 2.08 bits per heavy atom. The predicted octanol–water partition coefficient (Wildman–Crippen LogP) is 3.99. The van der Waals surface area contributed by atoms with E-state index in [9.17, 15) is 14.9 Å². The summed E-state index contributed by atoms with van der Waals surface area (Å²) in [5, 5.41) is 10.8. The fraction of sp³-hybridized carbons (Fsp3) is 0.562. The lowest BCUT2D eigenvalue weighted by molar-refractivity contribution is -0.385. The summed E-state index contributed by atoms with van der Waals surface area (Å²) in [5.74, 6) is 0.892. The van der Waals surface area contributed by atoms with Crippen molar-refractivity contribution in [3.8, 4) is 5.75 Å². The van der Waals surface area contributed by atoms with Crippen molar-refractivity contribution >= 4 is 27.7 Å². The summed E-state index contributed by atoms with van der Waals surface area (Å²) >= 11 is 3.18. The van der Waals surface area contributed by atoms with Crippen molar-refractivity contribution in [1.29, 1.82) is 0 Å². The maximum atomic E-state index is 11.9. The molecule has 0 unspecified atom stereocenters. The van der Waals surface area contributed by atoms with E-state index in [2.05, 4.69) is 15.9 Å². The van der Waals surface area contributed by atoms with E-state index in [1.807, 2.05) is 13.8 Å². The van der Waals surface area contributed by atoms with E-state index < -0.39 is 4.92 Å². The number of nitro groups is 1.